The van der Waals surface area contributed by atoms with Crippen molar-refractivity contribution in [3.63, 3.8) is 0 Å². The van der Waals surface area contributed by atoms with Crippen molar-refractivity contribution in [1.82, 2.24) is 100 Å². The number of carbonyl (C=O) groups is 17. The second kappa shape index (κ2) is 59.8. The number of hydrogen-bond acceptors (Lipinski definition) is 26. The lowest BCUT2D eigenvalue weighted by atomic mass is 9.80. The van der Waals surface area contributed by atoms with Crippen molar-refractivity contribution >= 4 is 146 Å². The molecule has 17 atom stereocenters. The van der Waals surface area contributed by atoms with Gasteiger partial charge in [0.15, 0.2) is 23.8 Å². The molecule has 3 aromatic carbocycles. The molecule has 3 saturated heterocycles. The molecule has 0 unspecified atom stereocenters. The molecule has 0 radical (unpaired) electrons. The standard InChI is InChI=1S/C94H142N28O21S2/c1-7-42-143-71-35-41-122-75(71)88(140)114-64(43-53-18-12-19-53)80(132)112-65(44-54-27-31-57(32-28-54)56-20-10-9-11-21-56)82(134)120-74(51(5)8-2)87(139)116-67(47-123)83(135)113-63(45-55-29-33-58(125)34-30-55)81(133)115-66(46-72(126)127)89(141)121-40-17-26-70(121)85(137)119-73(50(3)4)86(138)117-68(84(136)111-61(24-15-38-106-93(100)101)78(130)109-59(76(95)128)22-13-36-104-91(96)97)48-144-145-49-69(90(122)142)118-79(131)62(25-16-39-107-94(102)103)110-77(129)60(108-52(6)124)23-14-37-105-92(98)99/h7,9-11,20-21,27-34,50-51,53,59-71,73-75,123,125H,1,8,12-19,22-26,35-49H2,2-6H3,(H2,95,128)(H,108,124)(H,109,130)(H,110,129)(H,111,136)(H,112,132)(H,113,135)(H,114,140)(H,115,133)(H,116,139)(H,117,138)(H,118,131)(H,119,137)(H,120,134)(H,126,127)(H4,96,97,104)(H4,98,99,105)(H4,100,101,106)(H4,102,103,107)/t51-,59-,60-,61-,62-,63-,64-,65-,66-,67-,68-,69-,70-,71-,73-,74-,75-/m0/s1. The first kappa shape index (κ1) is 118. The molecule has 3 heterocycles. The first-order chi connectivity index (χ1) is 69.0. The number of carboxylic acids is 1. The smallest absolute Gasteiger partial charge is 0.305 e. The molecule has 4 fully saturated rings. The summed E-state index contributed by atoms with van der Waals surface area (Å²) in [6.45, 7) is 9.37. The SMILES string of the molecule is C=CCO[C@H]1CCN2C(=O)[C@@H](NC(=O)[C@H](CCCNC(=N)N)NC(=O)[C@H](CCCNC(=N)N)NC(C)=O)CSSC[C@@H](C(=O)N[C@@H](CCCNC(=N)N)C(=O)N[C@@H](CCCNC(=N)N)C(N)=O)NC(=O)[C@H](C(C)C)NC(=O)[C@@H]3CCCN3C(=O)[C@H](CC(=O)O)NC(=O)[C@H](Cc3ccc(O)cc3)NC(=O)[C@H](CO)NC(=O)[C@H]([C@@H](C)CC)NC(=O)[C@H](Cc3ccc(-c4ccccc4)cc3)NC(=O)[C@H](CC3CCC3)NC(=O)[C@H]12. The largest absolute Gasteiger partial charge is 0.508 e. The maximum absolute atomic E-state index is 16.3. The number of carbonyl (C=O) groups excluding carboxylic acids is 16. The van der Waals surface area contributed by atoms with Gasteiger partial charge >= 0.3 is 5.97 Å². The maximum atomic E-state index is 16.3. The number of aromatic hydroxyl groups is 1. The van der Waals surface area contributed by atoms with Crippen molar-refractivity contribution in [2.24, 2.45) is 46.4 Å². The van der Waals surface area contributed by atoms with Gasteiger partial charge in [-0.15, -0.1) is 6.58 Å². The minimum atomic E-state index is -2.03. The lowest BCUT2D eigenvalue weighted by Gasteiger charge is -2.34. The normalized spacial score (nSPS) is 22.6. The van der Waals surface area contributed by atoms with Gasteiger partial charge in [-0.2, -0.15) is 0 Å². The Hall–Kier alpha value is -14.1. The first-order valence-electron chi connectivity index (χ1n) is 48.3. The third-order valence-electron chi connectivity index (χ3n) is 24.9. The fourth-order valence-electron chi connectivity index (χ4n) is 16.7. The summed E-state index contributed by atoms with van der Waals surface area (Å²) in [7, 11) is 1.58. The zero-order valence-electron chi connectivity index (χ0n) is 82.1. The van der Waals surface area contributed by atoms with Crippen molar-refractivity contribution in [3.8, 4) is 16.9 Å². The number of nitrogens with zero attached hydrogens (tertiary/aromatic N) is 2. The molecule has 1 aliphatic carbocycles. The predicted molar refractivity (Wildman–Crippen MR) is 539 cm³/mol. The number of amides is 16. The number of aliphatic hydroxyl groups excluding tert-OH is 1. The number of hydrogen-bond donors (Lipinski definition) is 29. The van der Waals surface area contributed by atoms with E-state index < -0.39 is 258 Å². The number of aliphatic hydroxyl groups is 1. The molecule has 0 bridgehead atoms. The number of nitrogens with one attached hydrogen (secondary N) is 21. The van der Waals surface area contributed by atoms with Crippen molar-refractivity contribution < 1.29 is 102 Å². The van der Waals surface area contributed by atoms with Gasteiger partial charge in [-0.3, -0.25) is 103 Å². The lowest BCUT2D eigenvalue weighted by Crippen LogP contribution is -2.63. The van der Waals surface area contributed by atoms with Gasteiger partial charge in [0, 0.05) is 70.5 Å². The van der Waals surface area contributed by atoms with Crippen LogP contribution in [-0.4, -0.2) is 310 Å². The third kappa shape index (κ3) is 38.8. The van der Waals surface area contributed by atoms with Crippen molar-refractivity contribution in [3.05, 3.63) is 103 Å². The molecule has 51 heteroatoms. The summed E-state index contributed by atoms with van der Waals surface area (Å²) in [5, 5.41) is 108. The van der Waals surface area contributed by atoms with E-state index in [0.29, 0.717) is 18.4 Å². The summed E-state index contributed by atoms with van der Waals surface area (Å²) >= 11 is 0. The van der Waals surface area contributed by atoms with Crippen LogP contribution in [0.15, 0.2) is 91.5 Å². The number of benzene rings is 3. The van der Waals surface area contributed by atoms with E-state index in [9.17, 15) is 48.9 Å². The Morgan fingerprint density at radius 1 is 0.517 bits per heavy atom. The minimum Gasteiger partial charge on any atom is -0.508 e. The number of primary amides is 1. The Balaban J connectivity index is 1.42. The van der Waals surface area contributed by atoms with Crippen LogP contribution in [0.4, 0.5) is 0 Å². The van der Waals surface area contributed by atoms with Crippen LogP contribution in [0.2, 0.25) is 0 Å². The minimum absolute atomic E-state index is 0.00294. The third-order valence-corrected chi connectivity index (χ3v) is 27.4. The van der Waals surface area contributed by atoms with Gasteiger partial charge in [0.1, 0.15) is 96.4 Å². The van der Waals surface area contributed by atoms with Crippen LogP contribution in [-0.2, 0) is 99.1 Å². The quantitative estimate of drug-likeness (QED) is 0.00837. The molecule has 4 aliphatic rings. The lowest BCUT2D eigenvalue weighted by molar-refractivity contribution is -0.146. The second-order valence-corrected chi connectivity index (χ2v) is 39.0. The van der Waals surface area contributed by atoms with Crippen LogP contribution in [0.25, 0.3) is 11.1 Å². The highest BCUT2D eigenvalue weighted by Gasteiger charge is 2.48. The molecule has 0 spiro atoms. The molecule has 34 N–H and O–H groups in total. The Morgan fingerprint density at radius 3 is 1.50 bits per heavy atom. The molecule has 796 valence electrons. The number of nitrogens with two attached hydrogens (primary N) is 5. The Bertz CT molecular complexity index is 5010. The highest BCUT2D eigenvalue weighted by atomic mass is 33.1. The molecule has 7 rings (SSSR count). The summed E-state index contributed by atoms with van der Waals surface area (Å²) in [6.07, 6.45) is -0.257. The first-order valence-corrected chi connectivity index (χ1v) is 50.8. The van der Waals surface area contributed by atoms with Gasteiger partial charge in [0.2, 0.25) is 94.5 Å². The molecule has 16 amide bonds. The zero-order valence-corrected chi connectivity index (χ0v) is 83.7. The van der Waals surface area contributed by atoms with E-state index in [0.717, 1.165) is 55.9 Å². The van der Waals surface area contributed by atoms with E-state index in [-0.39, 0.29) is 159 Å². The molecule has 49 nitrogen and oxygen atoms in total. The van der Waals surface area contributed by atoms with E-state index in [4.69, 9.17) is 55.0 Å². The average Bonchev–Trinajstić information content (AvgIpc) is 1.65. The Kier molecular flexibility index (Phi) is 48.6. The molecule has 3 aromatic rings. The monoisotopic (exact) mass is 2060 g/mol. The summed E-state index contributed by atoms with van der Waals surface area (Å²) in [5.74, 6) is -22.8. The number of ether oxygens (including phenoxy) is 1. The number of fused-ring (bicyclic) bond motifs is 2. The van der Waals surface area contributed by atoms with Gasteiger partial charge in [-0.25, -0.2) is 0 Å². The number of aliphatic carboxylic acids is 1. The number of phenolic OH excluding ortho intramolecular Hbond substituents is 1. The fraction of sp³-hybridized carbons (Fsp3) is 0.564. The number of phenols is 1. The van der Waals surface area contributed by atoms with E-state index >= 15 is 47.9 Å². The zero-order chi connectivity index (χ0) is 107. The highest BCUT2D eigenvalue weighted by molar-refractivity contribution is 8.76. The van der Waals surface area contributed by atoms with E-state index in [2.05, 4.69) is 97.0 Å². The molecule has 3 aliphatic heterocycles. The van der Waals surface area contributed by atoms with Crippen molar-refractivity contribution in [2.75, 3.05) is 64.0 Å². The van der Waals surface area contributed by atoms with Gasteiger partial charge < -0.3 is 149 Å². The second-order valence-electron chi connectivity index (χ2n) is 36.4. The van der Waals surface area contributed by atoms with Crippen LogP contribution in [0.1, 0.15) is 155 Å². The van der Waals surface area contributed by atoms with Crippen LogP contribution < -0.4 is 119 Å². The molecular formula is C94H142N28O21S2. The van der Waals surface area contributed by atoms with E-state index in [1.807, 2.05) is 30.3 Å². The average molecular weight is 2060 g/mol. The van der Waals surface area contributed by atoms with Crippen LogP contribution in [0.3, 0.4) is 0 Å². The summed E-state index contributed by atoms with van der Waals surface area (Å²) < 4.78 is 6.29. The fourth-order valence-corrected chi connectivity index (χ4v) is 19.0. The summed E-state index contributed by atoms with van der Waals surface area (Å²) in [5.41, 5.74) is 30.4. The molecule has 145 heavy (non-hydrogen) atoms. The van der Waals surface area contributed by atoms with Gasteiger partial charge in [-0.1, -0.05) is 148 Å². The number of carboxylic acid groups (broad SMARTS) is 1. The molecular weight excluding hydrogens is 1920 g/mol. The van der Waals surface area contributed by atoms with Gasteiger partial charge in [0.25, 0.3) is 0 Å². The number of guanidine groups is 4. The highest BCUT2D eigenvalue weighted by Crippen LogP contribution is 2.33. The van der Waals surface area contributed by atoms with E-state index in [1.54, 1.807) is 38.1 Å². The predicted octanol–water partition coefficient (Wildman–Crippen LogP) is -4.38. The molecule has 1 saturated carbocycles. The Labute approximate surface area is 848 Å². The van der Waals surface area contributed by atoms with Gasteiger partial charge in [0.05, 0.1) is 25.7 Å². The van der Waals surface area contributed by atoms with Crippen LogP contribution in [0.5, 0.6) is 5.75 Å². The van der Waals surface area contributed by atoms with E-state index in [1.165, 1.54) is 44.2 Å². The molecule has 0 aromatic heterocycles. The van der Waals surface area contributed by atoms with Crippen LogP contribution >= 0.6 is 21.6 Å². The van der Waals surface area contributed by atoms with Crippen LogP contribution in [0, 0.1) is 39.4 Å². The van der Waals surface area contributed by atoms with Crippen molar-refractivity contribution in [1.29, 1.82) is 21.6 Å². The van der Waals surface area contributed by atoms with Gasteiger partial charge in [-0.05, 0) is 129 Å². The Morgan fingerprint density at radius 2 is 0.993 bits per heavy atom. The topological polar surface area (TPSA) is 797 Å². The summed E-state index contributed by atoms with van der Waals surface area (Å²) in [6, 6.07) is -3.35. The maximum Gasteiger partial charge on any atom is 0.305 e. The summed E-state index contributed by atoms with van der Waals surface area (Å²) in [4.78, 5) is 255. The number of rotatable bonds is 42. The van der Waals surface area contributed by atoms with Crippen molar-refractivity contribution in [2.45, 2.75) is 253 Å².